The van der Waals surface area contributed by atoms with Crippen LogP contribution in [0, 0.1) is 17.8 Å². The van der Waals surface area contributed by atoms with Gasteiger partial charge in [-0.3, -0.25) is 0 Å². The average Bonchev–Trinajstić information content (AvgIpc) is 2.79. The summed E-state index contributed by atoms with van der Waals surface area (Å²) < 4.78 is 0. The standard InChI is InChI=1S/C12H22ClN/c1-2-12(13)8-14-7-11-6-9-3-4-10(11)5-9/h9-12,14H,2-8H2,1H3. The highest BCUT2D eigenvalue weighted by Crippen LogP contribution is 2.47. The summed E-state index contributed by atoms with van der Waals surface area (Å²) in [6.45, 7) is 4.35. The molecular formula is C12H22ClN. The molecule has 0 saturated heterocycles. The van der Waals surface area contributed by atoms with Crippen LogP contribution >= 0.6 is 11.6 Å². The quantitative estimate of drug-likeness (QED) is 0.696. The monoisotopic (exact) mass is 215 g/mol. The maximum absolute atomic E-state index is 6.07. The third-order valence-corrected chi connectivity index (χ3v) is 4.56. The van der Waals surface area contributed by atoms with Crippen molar-refractivity contribution in [2.75, 3.05) is 13.1 Å². The molecule has 2 rings (SSSR count). The number of nitrogens with one attached hydrogen (secondary N) is 1. The molecule has 0 heterocycles. The molecule has 4 unspecified atom stereocenters. The van der Waals surface area contributed by atoms with E-state index in [-0.39, 0.29) is 0 Å². The molecule has 2 saturated carbocycles. The molecule has 1 N–H and O–H groups in total. The lowest BCUT2D eigenvalue weighted by Crippen LogP contribution is -2.30. The molecule has 0 aromatic heterocycles. The second-order valence-electron chi connectivity index (χ2n) is 5.10. The van der Waals surface area contributed by atoms with E-state index in [1.165, 1.54) is 32.2 Å². The van der Waals surface area contributed by atoms with Crippen LogP contribution in [0.1, 0.15) is 39.0 Å². The minimum Gasteiger partial charge on any atom is -0.315 e. The molecule has 0 spiro atoms. The summed E-state index contributed by atoms with van der Waals surface area (Å²) in [7, 11) is 0. The van der Waals surface area contributed by atoms with Gasteiger partial charge in [-0.15, -0.1) is 11.6 Å². The van der Waals surface area contributed by atoms with E-state index in [1.54, 1.807) is 0 Å². The summed E-state index contributed by atoms with van der Waals surface area (Å²) in [5.41, 5.74) is 0. The molecule has 2 heteroatoms. The lowest BCUT2D eigenvalue weighted by atomic mass is 9.89. The Morgan fingerprint density at radius 1 is 1.36 bits per heavy atom. The average molecular weight is 216 g/mol. The molecule has 4 atom stereocenters. The van der Waals surface area contributed by atoms with E-state index in [4.69, 9.17) is 11.6 Å². The predicted octanol–water partition coefficient (Wildman–Crippen LogP) is 3.03. The fraction of sp³-hybridized carbons (Fsp3) is 1.00. The van der Waals surface area contributed by atoms with Crippen molar-refractivity contribution in [3.63, 3.8) is 0 Å². The van der Waals surface area contributed by atoms with Crippen LogP contribution < -0.4 is 5.32 Å². The van der Waals surface area contributed by atoms with Gasteiger partial charge in [-0.2, -0.15) is 0 Å². The van der Waals surface area contributed by atoms with Crippen LogP contribution in [0.15, 0.2) is 0 Å². The van der Waals surface area contributed by atoms with Crippen LogP contribution in [0.5, 0.6) is 0 Å². The van der Waals surface area contributed by atoms with Gasteiger partial charge < -0.3 is 5.32 Å². The maximum Gasteiger partial charge on any atom is 0.0458 e. The Kier molecular flexibility index (Phi) is 3.73. The van der Waals surface area contributed by atoms with Crippen LogP contribution in [-0.4, -0.2) is 18.5 Å². The van der Waals surface area contributed by atoms with Crippen molar-refractivity contribution in [2.24, 2.45) is 17.8 Å². The van der Waals surface area contributed by atoms with Gasteiger partial charge in [0.1, 0.15) is 0 Å². The van der Waals surface area contributed by atoms with Crippen LogP contribution in [0.2, 0.25) is 0 Å². The molecule has 0 aromatic rings. The molecule has 0 radical (unpaired) electrons. The number of hydrogen-bond acceptors (Lipinski definition) is 1. The summed E-state index contributed by atoms with van der Waals surface area (Å²) >= 11 is 6.07. The Hall–Kier alpha value is 0.250. The SMILES string of the molecule is CCC(Cl)CNCC1CC2CCC1C2. The number of rotatable bonds is 5. The molecule has 2 aliphatic rings. The van der Waals surface area contributed by atoms with Crippen molar-refractivity contribution in [1.82, 2.24) is 5.32 Å². The highest BCUT2D eigenvalue weighted by Gasteiger charge is 2.38. The lowest BCUT2D eigenvalue weighted by molar-refractivity contribution is 0.319. The van der Waals surface area contributed by atoms with Gasteiger partial charge in [-0.25, -0.2) is 0 Å². The third kappa shape index (κ3) is 2.43. The summed E-state index contributed by atoms with van der Waals surface area (Å²) in [4.78, 5) is 0. The summed E-state index contributed by atoms with van der Waals surface area (Å²) in [5, 5.41) is 3.86. The molecule has 2 aliphatic carbocycles. The van der Waals surface area contributed by atoms with Gasteiger partial charge in [0.25, 0.3) is 0 Å². The summed E-state index contributed by atoms with van der Waals surface area (Å²) in [6.07, 6.45) is 7.08. The van der Waals surface area contributed by atoms with E-state index in [0.29, 0.717) is 5.38 Å². The molecular weight excluding hydrogens is 194 g/mol. The fourth-order valence-electron chi connectivity index (χ4n) is 3.20. The minimum atomic E-state index is 0.327. The van der Waals surface area contributed by atoms with Gasteiger partial charge in [-0.1, -0.05) is 13.3 Å². The highest BCUT2D eigenvalue weighted by molar-refractivity contribution is 6.20. The van der Waals surface area contributed by atoms with Crippen LogP contribution in [0.25, 0.3) is 0 Å². The van der Waals surface area contributed by atoms with E-state index < -0.39 is 0 Å². The Labute approximate surface area is 92.6 Å². The fourth-order valence-corrected chi connectivity index (χ4v) is 3.31. The number of hydrogen-bond donors (Lipinski definition) is 1. The van der Waals surface area contributed by atoms with E-state index >= 15 is 0 Å². The largest absolute Gasteiger partial charge is 0.315 e. The van der Waals surface area contributed by atoms with E-state index in [9.17, 15) is 0 Å². The zero-order chi connectivity index (χ0) is 9.97. The first kappa shape index (κ1) is 10.8. The Morgan fingerprint density at radius 3 is 2.79 bits per heavy atom. The zero-order valence-electron chi connectivity index (χ0n) is 9.14. The molecule has 0 aliphatic heterocycles. The molecule has 82 valence electrons. The first-order valence-electron chi connectivity index (χ1n) is 6.14. The zero-order valence-corrected chi connectivity index (χ0v) is 9.89. The van der Waals surface area contributed by atoms with Crippen molar-refractivity contribution < 1.29 is 0 Å². The van der Waals surface area contributed by atoms with Gasteiger partial charge in [0.15, 0.2) is 0 Å². The maximum atomic E-state index is 6.07. The van der Waals surface area contributed by atoms with E-state index in [1.807, 2.05) is 0 Å². The smallest absolute Gasteiger partial charge is 0.0458 e. The topological polar surface area (TPSA) is 12.0 Å². The number of alkyl halides is 1. The van der Waals surface area contributed by atoms with Crippen molar-refractivity contribution in [3.8, 4) is 0 Å². The predicted molar refractivity (Wildman–Crippen MR) is 61.7 cm³/mol. The van der Waals surface area contributed by atoms with Gasteiger partial charge >= 0.3 is 0 Å². The van der Waals surface area contributed by atoms with Crippen LogP contribution in [0.3, 0.4) is 0 Å². The van der Waals surface area contributed by atoms with Crippen LogP contribution in [0.4, 0.5) is 0 Å². The third-order valence-electron chi connectivity index (χ3n) is 4.10. The van der Waals surface area contributed by atoms with Crippen LogP contribution in [-0.2, 0) is 0 Å². The molecule has 1 nitrogen and oxygen atoms in total. The number of fused-ring (bicyclic) bond motifs is 2. The summed E-state index contributed by atoms with van der Waals surface area (Å²) in [5.74, 6) is 3.09. The van der Waals surface area contributed by atoms with Gasteiger partial charge in [0.2, 0.25) is 0 Å². The highest BCUT2D eigenvalue weighted by atomic mass is 35.5. The van der Waals surface area contributed by atoms with Gasteiger partial charge in [-0.05, 0) is 50.0 Å². The van der Waals surface area contributed by atoms with Gasteiger partial charge in [0, 0.05) is 11.9 Å². The van der Waals surface area contributed by atoms with E-state index in [2.05, 4.69) is 12.2 Å². The number of halogens is 1. The molecule has 2 fully saturated rings. The molecule has 0 aromatic carbocycles. The van der Waals surface area contributed by atoms with Crippen molar-refractivity contribution >= 4 is 11.6 Å². The Morgan fingerprint density at radius 2 is 2.21 bits per heavy atom. The first-order chi connectivity index (χ1) is 6.79. The summed E-state index contributed by atoms with van der Waals surface area (Å²) in [6, 6.07) is 0. The normalized spacial score (nSPS) is 37.7. The van der Waals surface area contributed by atoms with Crippen molar-refractivity contribution in [1.29, 1.82) is 0 Å². The first-order valence-corrected chi connectivity index (χ1v) is 6.58. The van der Waals surface area contributed by atoms with Crippen molar-refractivity contribution in [2.45, 2.75) is 44.4 Å². The lowest BCUT2D eigenvalue weighted by Gasteiger charge is -2.22. The second-order valence-corrected chi connectivity index (χ2v) is 5.72. The molecule has 2 bridgehead atoms. The van der Waals surface area contributed by atoms with Crippen molar-refractivity contribution in [3.05, 3.63) is 0 Å². The molecule has 0 amide bonds. The Bertz CT molecular complexity index is 183. The Balaban J connectivity index is 1.62. The minimum absolute atomic E-state index is 0.327. The molecule has 14 heavy (non-hydrogen) atoms. The second kappa shape index (κ2) is 4.85. The van der Waals surface area contributed by atoms with E-state index in [0.717, 1.165) is 30.7 Å². The van der Waals surface area contributed by atoms with Gasteiger partial charge in [0.05, 0.1) is 0 Å².